The standard InChI is InChI=1S/C28H32FN3O3S/c1-6-12-31-24-15-23(29)18(13-21(24)17(3)16-28(31,4)5)14-22-25(33)30-27(36)32(26(22)34)19-8-10-20(11-9-19)35-7-2/h8-11,13-15,17H,6-7,12,16H2,1-5H3,(H,30,33,36)/b22-14-. The monoisotopic (exact) mass is 509 g/mol. The molecule has 1 N–H and O–H groups in total. The number of hydrogen-bond acceptors (Lipinski definition) is 5. The van der Waals surface area contributed by atoms with Crippen molar-refractivity contribution in [2.75, 3.05) is 23.0 Å². The van der Waals surface area contributed by atoms with Gasteiger partial charge in [0.1, 0.15) is 17.1 Å². The molecule has 1 atom stereocenters. The number of ether oxygens (including phenoxy) is 1. The van der Waals surface area contributed by atoms with Crippen LogP contribution in [0.3, 0.4) is 0 Å². The van der Waals surface area contributed by atoms with Crippen LogP contribution in [0.25, 0.3) is 6.08 Å². The quantitative estimate of drug-likeness (QED) is 0.314. The zero-order valence-electron chi connectivity index (χ0n) is 21.4. The fourth-order valence-corrected chi connectivity index (χ4v) is 5.47. The van der Waals surface area contributed by atoms with Crippen LogP contribution in [-0.4, -0.2) is 35.6 Å². The summed E-state index contributed by atoms with van der Waals surface area (Å²) in [5.41, 5.74) is 2.30. The fourth-order valence-electron chi connectivity index (χ4n) is 5.18. The number of benzene rings is 2. The highest BCUT2D eigenvalue weighted by Gasteiger charge is 2.38. The third kappa shape index (κ3) is 4.74. The summed E-state index contributed by atoms with van der Waals surface area (Å²) in [6.45, 7) is 11.8. The van der Waals surface area contributed by atoms with E-state index in [2.05, 4.69) is 37.9 Å². The van der Waals surface area contributed by atoms with Crippen LogP contribution in [0.4, 0.5) is 15.8 Å². The van der Waals surface area contributed by atoms with E-state index in [9.17, 15) is 9.59 Å². The second kappa shape index (κ2) is 10.0. The lowest BCUT2D eigenvalue weighted by atomic mass is 9.79. The van der Waals surface area contributed by atoms with Crippen molar-refractivity contribution in [3.8, 4) is 5.75 Å². The van der Waals surface area contributed by atoms with Crippen molar-refractivity contribution in [2.24, 2.45) is 0 Å². The molecule has 6 nitrogen and oxygen atoms in total. The van der Waals surface area contributed by atoms with Crippen molar-refractivity contribution in [1.82, 2.24) is 5.32 Å². The molecule has 0 aliphatic carbocycles. The molecule has 1 unspecified atom stereocenters. The lowest BCUT2D eigenvalue weighted by Gasteiger charge is -2.47. The van der Waals surface area contributed by atoms with Crippen molar-refractivity contribution < 1.29 is 18.7 Å². The fraction of sp³-hybridized carbons (Fsp3) is 0.393. The summed E-state index contributed by atoms with van der Waals surface area (Å²) in [5.74, 6) is -0.877. The van der Waals surface area contributed by atoms with Crippen LogP contribution in [0.1, 0.15) is 64.5 Å². The van der Waals surface area contributed by atoms with Crippen molar-refractivity contribution in [2.45, 2.75) is 58.9 Å². The topological polar surface area (TPSA) is 61.9 Å². The van der Waals surface area contributed by atoms with E-state index in [0.29, 0.717) is 18.0 Å². The molecule has 2 amide bonds. The van der Waals surface area contributed by atoms with Crippen molar-refractivity contribution in [3.63, 3.8) is 0 Å². The summed E-state index contributed by atoms with van der Waals surface area (Å²) in [7, 11) is 0. The molecule has 2 heterocycles. The SMILES string of the molecule is CCCN1c2cc(F)c(/C=C3/C(=O)NC(=S)N(c4ccc(OCC)cc4)C3=O)cc2C(C)CC1(C)C. The van der Waals surface area contributed by atoms with Crippen LogP contribution >= 0.6 is 12.2 Å². The zero-order chi connectivity index (χ0) is 26.2. The number of rotatable bonds is 6. The number of carbonyl (C=O) groups excluding carboxylic acids is 2. The van der Waals surface area contributed by atoms with Crippen LogP contribution < -0.4 is 19.9 Å². The Morgan fingerprint density at radius 3 is 2.53 bits per heavy atom. The van der Waals surface area contributed by atoms with Gasteiger partial charge in [-0.2, -0.15) is 0 Å². The van der Waals surface area contributed by atoms with Gasteiger partial charge in [-0.05, 0) is 99.8 Å². The van der Waals surface area contributed by atoms with E-state index in [1.165, 1.54) is 17.0 Å². The first-order valence-corrected chi connectivity index (χ1v) is 12.7. The second-order valence-electron chi connectivity index (χ2n) is 9.89. The molecule has 4 rings (SSSR count). The number of carbonyl (C=O) groups is 2. The van der Waals surface area contributed by atoms with Gasteiger partial charge in [0.2, 0.25) is 0 Å². The van der Waals surface area contributed by atoms with E-state index in [4.69, 9.17) is 17.0 Å². The minimum absolute atomic E-state index is 0.0247. The molecular weight excluding hydrogens is 477 g/mol. The van der Waals surface area contributed by atoms with Gasteiger partial charge in [-0.3, -0.25) is 19.8 Å². The molecule has 36 heavy (non-hydrogen) atoms. The van der Waals surface area contributed by atoms with Crippen molar-refractivity contribution in [1.29, 1.82) is 0 Å². The minimum atomic E-state index is -0.647. The Balaban J connectivity index is 1.73. The molecule has 1 saturated heterocycles. The summed E-state index contributed by atoms with van der Waals surface area (Å²) >= 11 is 5.28. The van der Waals surface area contributed by atoms with E-state index >= 15 is 4.39 Å². The predicted octanol–water partition coefficient (Wildman–Crippen LogP) is 5.56. The molecule has 0 saturated carbocycles. The van der Waals surface area contributed by atoms with E-state index in [0.717, 1.165) is 30.6 Å². The first-order valence-electron chi connectivity index (χ1n) is 12.3. The molecule has 0 radical (unpaired) electrons. The maximum absolute atomic E-state index is 15.4. The summed E-state index contributed by atoms with van der Waals surface area (Å²) in [5, 5.41) is 2.54. The molecular formula is C28H32FN3O3S. The van der Waals surface area contributed by atoms with Gasteiger partial charge in [-0.25, -0.2) is 4.39 Å². The number of halogens is 1. The van der Waals surface area contributed by atoms with E-state index < -0.39 is 17.6 Å². The number of thiocarbonyl (C=S) groups is 1. The highest BCUT2D eigenvalue weighted by molar-refractivity contribution is 7.80. The molecule has 2 aliphatic heterocycles. The number of anilines is 2. The number of hydrogen-bond donors (Lipinski definition) is 1. The Hall–Kier alpha value is -3.26. The van der Waals surface area contributed by atoms with Gasteiger partial charge >= 0.3 is 0 Å². The first kappa shape index (κ1) is 25.8. The summed E-state index contributed by atoms with van der Waals surface area (Å²) in [6.07, 6.45) is 3.19. The van der Waals surface area contributed by atoms with Crippen LogP contribution in [0.15, 0.2) is 42.0 Å². The highest BCUT2D eigenvalue weighted by atomic mass is 32.1. The Labute approximate surface area is 217 Å². The maximum Gasteiger partial charge on any atom is 0.270 e. The molecule has 2 aromatic carbocycles. The summed E-state index contributed by atoms with van der Waals surface area (Å²) < 4.78 is 20.9. The second-order valence-corrected chi connectivity index (χ2v) is 10.3. The minimum Gasteiger partial charge on any atom is -0.494 e. The number of fused-ring (bicyclic) bond motifs is 1. The Kier molecular flexibility index (Phi) is 7.18. The summed E-state index contributed by atoms with van der Waals surface area (Å²) in [6, 6.07) is 10.1. The van der Waals surface area contributed by atoms with Crippen LogP contribution in [0.5, 0.6) is 5.75 Å². The zero-order valence-corrected chi connectivity index (χ0v) is 22.2. The van der Waals surface area contributed by atoms with E-state index in [1.807, 2.05) is 6.92 Å². The first-order chi connectivity index (χ1) is 17.1. The van der Waals surface area contributed by atoms with Crippen LogP contribution in [0, 0.1) is 5.82 Å². The Morgan fingerprint density at radius 2 is 1.89 bits per heavy atom. The lowest BCUT2D eigenvalue weighted by Crippen LogP contribution is -2.54. The highest BCUT2D eigenvalue weighted by Crippen LogP contribution is 2.44. The lowest BCUT2D eigenvalue weighted by molar-refractivity contribution is -0.122. The Bertz CT molecular complexity index is 1240. The molecule has 0 spiro atoms. The summed E-state index contributed by atoms with van der Waals surface area (Å²) in [4.78, 5) is 29.6. The van der Waals surface area contributed by atoms with Crippen molar-refractivity contribution in [3.05, 3.63) is 58.9 Å². The normalized spacial score (nSPS) is 20.4. The molecule has 2 aromatic rings. The molecule has 8 heteroatoms. The van der Waals surface area contributed by atoms with Crippen molar-refractivity contribution >= 4 is 46.6 Å². The van der Waals surface area contributed by atoms with Gasteiger partial charge in [-0.1, -0.05) is 13.8 Å². The van der Waals surface area contributed by atoms with Gasteiger partial charge < -0.3 is 9.64 Å². The molecule has 0 aromatic heterocycles. The Morgan fingerprint density at radius 1 is 1.19 bits per heavy atom. The third-order valence-corrected chi connectivity index (χ3v) is 7.04. The van der Waals surface area contributed by atoms with Gasteiger partial charge in [0.05, 0.1) is 12.3 Å². The van der Waals surface area contributed by atoms with Gasteiger partial charge in [0.15, 0.2) is 5.11 Å². The van der Waals surface area contributed by atoms with Gasteiger partial charge in [-0.15, -0.1) is 0 Å². The van der Waals surface area contributed by atoms with E-state index in [1.54, 1.807) is 30.3 Å². The number of nitrogens with zero attached hydrogens (tertiary/aromatic N) is 2. The molecule has 190 valence electrons. The number of amides is 2. The maximum atomic E-state index is 15.4. The number of nitrogens with one attached hydrogen (secondary N) is 1. The average molecular weight is 510 g/mol. The van der Waals surface area contributed by atoms with Gasteiger partial charge in [0.25, 0.3) is 11.8 Å². The molecule has 0 bridgehead atoms. The smallest absolute Gasteiger partial charge is 0.270 e. The molecule has 1 fully saturated rings. The molecule has 2 aliphatic rings. The van der Waals surface area contributed by atoms with Crippen LogP contribution in [-0.2, 0) is 9.59 Å². The van der Waals surface area contributed by atoms with E-state index in [-0.39, 0.29) is 27.7 Å². The predicted molar refractivity (Wildman–Crippen MR) is 145 cm³/mol. The third-order valence-electron chi connectivity index (χ3n) is 6.76. The largest absolute Gasteiger partial charge is 0.494 e. The average Bonchev–Trinajstić information content (AvgIpc) is 2.81. The van der Waals surface area contributed by atoms with Crippen LogP contribution in [0.2, 0.25) is 0 Å². The van der Waals surface area contributed by atoms with Gasteiger partial charge in [0, 0.05) is 23.3 Å².